The molecule has 4 bridgehead atoms. The molecule has 4 aliphatic rings. The molecule has 0 amide bonds. The molecule has 0 heterocycles. The summed E-state index contributed by atoms with van der Waals surface area (Å²) >= 11 is 0. The monoisotopic (exact) mass is 199 g/mol. The van der Waals surface area contributed by atoms with E-state index in [1.807, 2.05) is 0 Å². The van der Waals surface area contributed by atoms with Gasteiger partial charge in [-0.3, -0.25) is 0 Å². The highest BCUT2D eigenvalue weighted by Crippen LogP contribution is 2.57. The molecule has 0 aromatic heterocycles. The van der Waals surface area contributed by atoms with Crippen molar-refractivity contribution in [3.63, 3.8) is 0 Å². The van der Waals surface area contributed by atoms with Crippen LogP contribution in [-0.4, -0.2) is 28.8 Å². The Hall–Kier alpha value is -0.120. The first kappa shape index (κ1) is 10.4. The molecule has 2 atom stereocenters. The maximum absolute atomic E-state index is 10.4. The third-order valence-corrected chi connectivity index (χ3v) is 4.56. The Morgan fingerprint density at radius 1 is 1.14 bits per heavy atom. The molecule has 4 N–H and O–H groups in total. The fourth-order valence-electron chi connectivity index (χ4n) is 4.51. The topological polar surface area (TPSA) is 63.8 Å². The fraction of sp³-hybridized carbons (Fsp3) is 1.00. The zero-order valence-electron chi connectivity index (χ0n) is 8.84. The van der Waals surface area contributed by atoms with Gasteiger partial charge in [-0.1, -0.05) is 0 Å². The van der Waals surface area contributed by atoms with Crippen LogP contribution >= 0.6 is 0 Å². The van der Waals surface area contributed by atoms with E-state index in [0.717, 1.165) is 31.1 Å². The van der Waals surface area contributed by atoms with Crippen LogP contribution in [0.5, 0.6) is 0 Å². The van der Waals surface area contributed by atoms with Crippen molar-refractivity contribution in [3.8, 4) is 0 Å². The lowest BCUT2D eigenvalue weighted by Gasteiger charge is -2.60. The lowest BCUT2D eigenvalue weighted by Crippen LogP contribution is -2.63. The Labute approximate surface area is 85.2 Å². The van der Waals surface area contributed by atoms with Crippen molar-refractivity contribution in [2.24, 2.45) is 11.8 Å². The highest BCUT2D eigenvalue weighted by atomic mass is 16.3. The average molecular weight is 199 g/mol. The predicted octanol–water partition coefficient (Wildman–Crippen LogP) is 0.465. The van der Waals surface area contributed by atoms with Crippen molar-refractivity contribution in [1.29, 1.82) is 0 Å². The third kappa shape index (κ3) is 1.30. The summed E-state index contributed by atoms with van der Waals surface area (Å²) in [5.41, 5.74) is 0.00588. The van der Waals surface area contributed by atoms with Gasteiger partial charge in [0.25, 0.3) is 0 Å². The molecule has 2 unspecified atom stereocenters. The van der Waals surface area contributed by atoms with Crippen LogP contribution in [0.2, 0.25) is 0 Å². The lowest BCUT2D eigenvalue weighted by atomic mass is 9.51. The van der Waals surface area contributed by atoms with E-state index in [4.69, 9.17) is 0 Å². The van der Waals surface area contributed by atoms with Gasteiger partial charge in [0.05, 0.1) is 5.60 Å². The SMILES string of the molecule is CNC12CC3CC(CC(O)(C3)C1)C2.O. The second-order valence-corrected chi connectivity index (χ2v) is 5.72. The molecule has 4 aliphatic carbocycles. The fourth-order valence-corrected chi connectivity index (χ4v) is 4.51. The summed E-state index contributed by atoms with van der Waals surface area (Å²) < 4.78 is 0. The summed E-state index contributed by atoms with van der Waals surface area (Å²) in [4.78, 5) is 0. The Balaban J connectivity index is 0.000000750. The maximum Gasteiger partial charge on any atom is 0.0670 e. The van der Waals surface area contributed by atoms with Crippen LogP contribution in [0.1, 0.15) is 38.5 Å². The zero-order chi connectivity index (χ0) is 9.10. The summed E-state index contributed by atoms with van der Waals surface area (Å²) in [5, 5.41) is 13.8. The van der Waals surface area contributed by atoms with Crippen molar-refractivity contribution >= 4 is 0 Å². The van der Waals surface area contributed by atoms with Gasteiger partial charge in [0.2, 0.25) is 0 Å². The van der Waals surface area contributed by atoms with Crippen LogP contribution < -0.4 is 5.32 Å². The molecule has 0 aromatic rings. The van der Waals surface area contributed by atoms with Gasteiger partial charge in [0.1, 0.15) is 0 Å². The lowest BCUT2D eigenvalue weighted by molar-refractivity contribution is -0.140. The number of aliphatic hydroxyl groups is 1. The Bertz CT molecular complexity index is 227. The molecule has 0 saturated heterocycles. The minimum Gasteiger partial charge on any atom is -0.412 e. The second kappa shape index (κ2) is 2.94. The smallest absolute Gasteiger partial charge is 0.0670 e. The Morgan fingerprint density at radius 2 is 1.71 bits per heavy atom. The Kier molecular flexibility index (Phi) is 2.18. The first-order valence-corrected chi connectivity index (χ1v) is 5.54. The van der Waals surface area contributed by atoms with Gasteiger partial charge in [-0.15, -0.1) is 0 Å². The molecule has 14 heavy (non-hydrogen) atoms. The maximum atomic E-state index is 10.4. The third-order valence-electron chi connectivity index (χ3n) is 4.56. The van der Waals surface area contributed by atoms with Crippen LogP contribution in [-0.2, 0) is 0 Å². The molecular weight excluding hydrogens is 178 g/mol. The van der Waals surface area contributed by atoms with E-state index in [1.54, 1.807) is 0 Å². The highest BCUT2D eigenvalue weighted by molar-refractivity contribution is 5.11. The number of hydrogen-bond donors (Lipinski definition) is 2. The number of nitrogens with one attached hydrogen (secondary N) is 1. The molecule has 4 fully saturated rings. The second-order valence-electron chi connectivity index (χ2n) is 5.72. The highest BCUT2D eigenvalue weighted by Gasteiger charge is 2.56. The first-order valence-electron chi connectivity index (χ1n) is 5.54. The standard InChI is InChI=1S/C11H19NO.H2O/c1-12-10-3-8-2-9(4-10)6-11(13,5-8)7-10;/h8-9,12-13H,2-7H2,1H3;1H2. The van der Waals surface area contributed by atoms with E-state index < -0.39 is 0 Å². The minimum absolute atomic E-state index is 0. The summed E-state index contributed by atoms with van der Waals surface area (Å²) in [7, 11) is 2.07. The van der Waals surface area contributed by atoms with Gasteiger partial charge in [-0.2, -0.15) is 0 Å². The molecule has 0 spiro atoms. The van der Waals surface area contributed by atoms with E-state index >= 15 is 0 Å². The molecule has 0 radical (unpaired) electrons. The first-order chi connectivity index (χ1) is 6.13. The van der Waals surface area contributed by atoms with Crippen molar-refractivity contribution in [1.82, 2.24) is 5.32 Å². The van der Waals surface area contributed by atoms with Gasteiger partial charge in [0, 0.05) is 5.54 Å². The van der Waals surface area contributed by atoms with Crippen LogP contribution in [0, 0.1) is 11.8 Å². The van der Waals surface area contributed by atoms with E-state index in [2.05, 4.69) is 12.4 Å². The summed E-state index contributed by atoms with van der Waals surface area (Å²) in [6.45, 7) is 0. The molecule has 0 aromatic carbocycles. The molecule has 3 heteroatoms. The van der Waals surface area contributed by atoms with E-state index in [0.29, 0.717) is 5.54 Å². The van der Waals surface area contributed by atoms with Crippen molar-refractivity contribution in [2.45, 2.75) is 49.7 Å². The van der Waals surface area contributed by atoms with E-state index in [9.17, 15) is 5.11 Å². The molecule has 82 valence electrons. The average Bonchev–Trinajstić information content (AvgIpc) is 1.99. The van der Waals surface area contributed by atoms with E-state index in [1.165, 1.54) is 19.3 Å². The predicted molar refractivity (Wildman–Crippen MR) is 55.0 cm³/mol. The van der Waals surface area contributed by atoms with E-state index in [-0.39, 0.29) is 11.1 Å². The minimum atomic E-state index is -0.299. The molecule has 4 rings (SSSR count). The number of rotatable bonds is 1. The van der Waals surface area contributed by atoms with Gasteiger partial charge in [0.15, 0.2) is 0 Å². The van der Waals surface area contributed by atoms with Gasteiger partial charge >= 0.3 is 0 Å². The normalized spacial score (nSPS) is 54.4. The van der Waals surface area contributed by atoms with Crippen molar-refractivity contribution in [3.05, 3.63) is 0 Å². The molecule has 3 nitrogen and oxygen atoms in total. The van der Waals surface area contributed by atoms with Crippen LogP contribution in [0.25, 0.3) is 0 Å². The quantitative estimate of drug-likeness (QED) is 0.644. The van der Waals surface area contributed by atoms with Gasteiger partial charge in [-0.05, 0) is 57.4 Å². The van der Waals surface area contributed by atoms with Gasteiger partial charge < -0.3 is 15.9 Å². The molecule has 4 saturated carbocycles. The molecular formula is C11H21NO2. The zero-order valence-corrected chi connectivity index (χ0v) is 8.84. The number of hydrogen-bond acceptors (Lipinski definition) is 2. The van der Waals surface area contributed by atoms with Crippen molar-refractivity contribution < 1.29 is 10.6 Å². The molecule has 0 aliphatic heterocycles. The largest absolute Gasteiger partial charge is 0.412 e. The Morgan fingerprint density at radius 3 is 2.14 bits per heavy atom. The van der Waals surface area contributed by atoms with Crippen LogP contribution in [0.15, 0.2) is 0 Å². The summed E-state index contributed by atoms with van der Waals surface area (Å²) in [6, 6.07) is 0. The van der Waals surface area contributed by atoms with Crippen molar-refractivity contribution in [2.75, 3.05) is 7.05 Å². The van der Waals surface area contributed by atoms with Gasteiger partial charge in [-0.25, -0.2) is 0 Å². The summed E-state index contributed by atoms with van der Waals surface area (Å²) in [5.74, 6) is 1.61. The van der Waals surface area contributed by atoms with Crippen LogP contribution in [0.4, 0.5) is 0 Å². The summed E-state index contributed by atoms with van der Waals surface area (Å²) in [6.07, 6.45) is 7.15. The van der Waals surface area contributed by atoms with Crippen LogP contribution in [0.3, 0.4) is 0 Å².